The summed E-state index contributed by atoms with van der Waals surface area (Å²) in [6.07, 6.45) is 3.92. The Labute approximate surface area is 176 Å². The number of pyridine rings is 1. The van der Waals surface area contributed by atoms with Crippen molar-refractivity contribution in [3.8, 4) is 6.07 Å². The molecule has 0 spiro atoms. The van der Waals surface area contributed by atoms with E-state index in [9.17, 15) is 4.79 Å². The summed E-state index contributed by atoms with van der Waals surface area (Å²) >= 11 is 0. The zero-order valence-electron chi connectivity index (χ0n) is 17.3. The molecule has 7 nitrogen and oxygen atoms in total. The van der Waals surface area contributed by atoms with Crippen molar-refractivity contribution in [3.05, 3.63) is 47.2 Å². The number of carbonyl (C=O) groups excluding carboxylic acids is 1. The van der Waals surface area contributed by atoms with Crippen molar-refractivity contribution in [1.82, 2.24) is 9.88 Å². The highest BCUT2D eigenvalue weighted by Crippen LogP contribution is 2.35. The standard InChI is InChI=1S/C23H26N6O/c1-16-11-17(13-24)4-5-20(16)28-9-7-27(8-10-28)15-18-12-19-22(25-14-18)29-6-2-3-21(29)23(30)26-19/h4-5,11-12,14,21H,2-3,6-10,15H2,1H3,(H,26,30). The summed E-state index contributed by atoms with van der Waals surface area (Å²) in [6.45, 7) is 7.66. The highest BCUT2D eigenvalue weighted by molar-refractivity contribution is 6.03. The van der Waals surface area contributed by atoms with Crippen LogP contribution in [0.4, 0.5) is 17.2 Å². The minimum atomic E-state index is -0.0467. The molecule has 2 aromatic rings. The first-order valence-electron chi connectivity index (χ1n) is 10.7. The molecule has 4 heterocycles. The fourth-order valence-electron chi connectivity index (χ4n) is 4.90. The number of amides is 1. The van der Waals surface area contributed by atoms with E-state index < -0.39 is 0 Å². The average molecular weight is 403 g/mol. The van der Waals surface area contributed by atoms with Gasteiger partial charge in [-0.3, -0.25) is 9.69 Å². The van der Waals surface area contributed by atoms with Crippen LogP contribution in [-0.4, -0.2) is 54.6 Å². The van der Waals surface area contributed by atoms with Gasteiger partial charge in [0.25, 0.3) is 0 Å². The van der Waals surface area contributed by atoms with Crippen LogP contribution in [-0.2, 0) is 11.3 Å². The number of aromatic nitrogens is 1. The van der Waals surface area contributed by atoms with Crippen LogP contribution < -0.4 is 15.1 Å². The van der Waals surface area contributed by atoms with Gasteiger partial charge in [-0.1, -0.05) is 0 Å². The summed E-state index contributed by atoms with van der Waals surface area (Å²) in [5.41, 5.74) is 5.06. The molecule has 3 aliphatic heterocycles. The zero-order chi connectivity index (χ0) is 20.7. The van der Waals surface area contributed by atoms with Crippen LogP contribution in [0.5, 0.6) is 0 Å². The molecule has 30 heavy (non-hydrogen) atoms. The first-order chi connectivity index (χ1) is 14.6. The Hall–Kier alpha value is -3.11. The summed E-state index contributed by atoms with van der Waals surface area (Å²) < 4.78 is 0. The van der Waals surface area contributed by atoms with Gasteiger partial charge in [-0.2, -0.15) is 5.26 Å². The first kappa shape index (κ1) is 18.9. The average Bonchev–Trinajstić information content (AvgIpc) is 3.25. The predicted molar refractivity (Wildman–Crippen MR) is 117 cm³/mol. The van der Waals surface area contributed by atoms with Crippen molar-refractivity contribution >= 4 is 23.1 Å². The topological polar surface area (TPSA) is 75.5 Å². The molecule has 5 rings (SSSR count). The van der Waals surface area contributed by atoms with E-state index in [4.69, 9.17) is 10.2 Å². The summed E-state index contributed by atoms with van der Waals surface area (Å²) in [5, 5.41) is 12.1. The van der Waals surface area contributed by atoms with Crippen LogP contribution in [0.1, 0.15) is 29.5 Å². The van der Waals surface area contributed by atoms with Crippen LogP contribution in [0.25, 0.3) is 0 Å². The van der Waals surface area contributed by atoms with E-state index in [1.165, 1.54) is 5.69 Å². The highest BCUT2D eigenvalue weighted by atomic mass is 16.2. The van der Waals surface area contributed by atoms with Gasteiger partial charge in [0.2, 0.25) is 5.91 Å². The molecular weight excluding hydrogens is 376 g/mol. The number of nitrogens with zero attached hydrogens (tertiary/aromatic N) is 5. The van der Waals surface area contributed by atoms with E-state index in [0.717, 1.165) is 74.7 Å². The van der Waals surface area contributed by atoms with Crippen LogP contribution in [0.3, 0.4) is 0 Å². The Morgan fingerprint density at radius 2 is 2.03 bits per heavy atom. The second-order valence-electron chi connectivity index (χ2n) is 8.43. The number of rotatable bonds is 3. The minimum absolute atomic E-state index is 0.0467. The van der Waals surface area contributed by atoms with Gasteiger partial charge < -0.3 is 15.1 Å². The second kappa shape index (κ2) is 7.62. The lowest BCUT2D eigenvalue weighted by molar-refractivity contribution is -0.117. The van der Waals surface area contributed by atoms with Crippen molar-refractivity contribution in [2.45, 2.75) is 32.4 Å². The van der Waals surface area contributed by atoms with Gasteiger partial charge in [0.1, 0.15) is 6.04 Å². The summed E-state index contributed by atoms with van der Waals surface area (Å²) in [4.78, 5) is 24.0. The van der Waals surface area contributed by atoms with Gasteiger partial charge in [-0.05, 0) is 55.2 Å². The molecule has 2 saturated heterocycles. The number of benzene rings is 1. The minimum Gasteiger partial charge on any atom is -0.369 e. The van der Waals surface area contributed by atoms with E-state index in [1.807, 2.05) is 18.3 Å². The molecule has 1 aromatic heterocycles. The van der Waals surface area contributed by atoms with Crippen molar-refractivity contribution in [2.24, 2.45) is 0 Å². The van der Waals surface area contributed by atoms with Gasteiger partial charge in [0.05, 0.1) is 17.3 Å². The number of aryl methyl sites for hydroxylation is 1. The van der Waals surface area contributed by atoms with Gasteiger partial charge in [0.15, 0.2) is 5.82 Å². The van der Waals surface area contributed by atoms with Gasteiger partial charge in [-0.15, -0.1) is 0 Å². The van der Waals surface area contributed by atoms with Gasteiger partial charge >= 0.3 is 0 Å². The van der Waals surface area contributed by atoms with E-state index >= 15 is 0 Å². The fourth-order valence-corrected chi connectivity index (χ4v) is 4.90. The first-order valence-corrected chi connectivity index (χ1v) is 10.7. The number of hydrogen-bond acceptors (Lipinski definition) is 6. The van der Waals surface area contributed by atoms with Crippen LogP contribution in [0.15, 0.2) is 30.5 Å². The summed E-state index contributed by atoms with van der Waals surface area (Å²) in [6, 6.07) is 10.2. The molecule has 0 aliphatic carbocycles. The normalized spacial score (nSPS) is 21.1. The Kier molecular flexibility index (Phi) is 4.80. The molecule has 2 fully saturated rings. The molecule has 1 atom stereocenters. The quantitative estimate of drug-likeness (QED) is 0.850. The molecule has 7 heteroatoms. The highest BCUT2D eigenvalue weighted by Gasteiger charge is 2.37. The van der Waals surface area contributed by atoms with E-state index in [2.05, 4.69) is 45.1 Å². The summed E-state index contributed by atoms with van der Waals surface area (Å²) in [7, 11) is 0. The number of nitriles is 1. The summed E-state index contributed by atoms with van der Waals surface area (Å²) in [5.74, 6) is 1.02. The van der Waals surface area contributed by atoms with E-state index in [1.54, 1.807) is 0 Å². The monoisotopic (exact) mass is 402 g/mol. The Balaban J connectivity index is 1.24. The lowest BCUT2D eigenvalue weighted by Crippen LogP contribution is -2.46. The number of hydrogen-bond donors (Lipinski definition) is 1. The van der Waals surface area contributed by atoms with E-state index in [-0.39, 0.29) is 11.9 Å². The molecule has 154 valence electrons. The molecule has 1 aromatic carbocycles. The van der Waals surface area contributed by atoms with Gasteiger partial charge in [0, 0.05) is 51.2 Å². The third kappa shape index (κ3) is 3.37. The SMILES string of the molecule is Cc1cc(C#N)ccc1N1CCN(Cc2cnc3c(c2)NC(=O)C2CCCN32)CC1. The van der Waals surface area contributed by atoms with Crippen molar-refractivity contribution in [1.29, 1.82) is 5.26 Å². The van der Waals surface area contributed by atoms with Crippen molar-refractivity contribution < 1.29 is 4.79 Å². The number of anilines is 3. The maximum absolute atomic E-state index is 12.4. The maximum atomic E-state index is 12.4. The second-order valence-corrected chi connectivity index (χ2v) is 8.43. The molecule has 0 saturated carbocycles. The lowest BCUT2D eigenvalue weighted by atomic mass is 10.1. The van der Waals surface area contributed by atoms with E-state index in [0.29, 0.717) is 5.56 Å². The third-order valence-corrected chi connectivity index (χ3v) is 6.45. The predicted octanol–water partition coefficient (Wildman–Crippen LogP) is 2.50. The molecular formula is C23H26N6O. The molecule has 1 N–H and O–H groups in total. The van der Waals surface area contributed by atoms with Crippen LogP contribution in [0.2, 0.25) is 0 Å². The fraction of sp³-hybridized carbons (Fsp3) is 0.435. The lowest BCUT2D eigenvalue weighted by Gasteiger charge is -2.37. The van der Waals surface area contributed by atoms with Crippen LogP contribution >= 0.6 is 0 Å². The Morgan fingerprint density at radius 1 is 1.20 bits per heavy atom. The molecule has 0 radical (unpaired) electrons. The Bertz CT molecular complexity index is 1020. The molecule has 3 aliphatic rings. The molecule has 0 bridgehead atoms. The third-order valence-electron chi connectivity index (χ3n) is 6.45. The smallest absolute Gasteiger partial charge is 0.247 e. The number of fused-ring (bicyclic) bond motifs is 3. The van der Waals surface area contributed by atoms with Crippen molar-refractivity contribution in [2.75, 3.05) is 47.8 Å². The number of nitrogens with one attached hydrogen (secondary N) is 1. The van der Waals surface area contributed by atoms with Gasteiger partial charge in [-0.25, -0.2) is 4.98 Å². The maximum Gasteiger partial charge on any atom is 0.247 e. The van der Waals surface area contributed by atoms with Crippen LogP contribution in [0, 0.1) is 18.3 Å². The molecule has 1 amide bonds. The largest absolute Gasteiger partial charge is 0.369 e. The Morgan fingerprint density at radius 3 is 2.80 bits per heavy atom. The number of piperazine rings is 1. The molecule has 1 unspecified atom stereocenters. The zero-order valence-corrected chi connectivity index (χ0v) is 17.3. The van der Waals surface area contributed by atoms with Crippen molar-refractivity contribution in [3.63, 3.8) is 0 Å². The number of carbonyl (C=O) groups is 1.